The topological polar surface area (TPSA) is 62.5 Å². The summed E-state index contributed by atoms with van der Waals surface area (Å²) in [6.45, 7) is 0.376. The van der Waals surface area contributed by atoms with E-state index < -0.39 is 5.97 Å². The van der Waals surface area contributed by atoms with Crippen LogP contribution in [0.5, 0.6) is 0 Å². The number of hydrogen-bond acceptors (Lipinski definition) is 3. The Kier molecular flexibility index (Phi) is 3.66. The monoisotopic (exact) mass is 345 g/mol. The van der Waals surface area contributed by atoms with Gasteiger partial charge < -0.3 is 14.8 Å². The minimum Gasteiger partial charge on any atom is -0.475 e. The Bertz CT molecular complexity index is 810. The van der Waals surface area contributed by atoms with E-state index >= 15 is 0 Å². The van der Waals surface area contributed by atoms with Crippen LogP contribution in [0.3, 0.4) is 0 Å². The van der Waals surface area contributed by atoms with Crippen LogP contribution in [0.25, 0.3) is 11.0 Å². The van der Waals surface area contributed by atoms with Gasteiger partial charge in [0.2, 0.25) is 5.76 Å². The standard InChI is InChI=1S/C16H12BrNO3/c17-12-6-2-3-7-13(12)18-9-11-10-5-1-4-8-14(10)21-15(11)16(19)20/h1-8,18H,9H2,(H,19,20). The van der Waals surface area contributed by atoms with Gasteiger partial charge in [-0.3, -0.25) is 0 Å². The highest BCUT2D eigenvalue weighted by atomic mass is 79.9. The van der Waals surface area contributed by atoms with Crippen molar-refractivity contribution in [3.8, 4) is 0 Å². The predicted molar refractivity (Wildman–Crippen MR) is 84.6 cm³/mol. The highest BCUT2D eigenvalue weighted by Crippen LogP contribution is 2.28. The summed E-state index contributed by atoms with van der Waals surface area (Å²) in [5, 5.41) is 13.3. The molecule has 2 aromatic carbocycles. The zero-order valence-electron chi connectivity index (χ0n) is 11.0. The molecule has 1 heterocycles. The van der Waals surface area contributed by atoms with Crippen molar-refractivity contribution in [2.24, 2.45) is 0 Å². The van der Waals surface area contributed by atoms with Crippen LogP contribution in [0, 0.1) is 0 Å². The van der Waals surface area contributed by atoms with Crippen molar-refractivity contribution in [1.29, 1.82) is 0 Å². The Labute approximate surface area is 129 Å². The zero-order chi connectivity index (χ0) is 14.8. The van der Waals surface area contributed by atoms with Crippen LogP contribution in [0.2, 0.25) is 0 Å². The lowest BCUT2D eigenvalue weighted by molar-refractivity contribution is 0.0663. The molecule has 0 aliphatic heterocycles. The highest BCUT2D eigenvalue weighted by molar-refractivity contribution is 9.10. The van der Waals surface area contributed by atoms with E-state index in [9.17, 15) is 9.90 Å². The van der Waals surface area contributed by atoms with E-state index in [1.165, 1.54) is 0 Å². The average molecular weight is 346 g/mol. The Morgan fingerprint density at radius 2 is 1.86 bits per heavy atom. The molecule has 0 atom stereocenters. The number of para-hydroxylation sites is 2. The number of furan rings is 1. The normalized spacial score (nSPS) is 10.7. The fourth-order valence-electron chi connectivity index (χ4n) is 2.24. The maximum atomic E-state index is 11.3. The van der Waals surface area contributed by atoms with Crippen molar-refractivity contribution < 1.29 is 14.3 Å². The second kappa shape index (κ2) is 5.61. The van der Waals surface area contributed by atoms with Crippen molar-refractivity contribution >= 4 is 38.6 Å². The van der Waals surface area contributed by atoms with Crippen LogP contribution in [0.15, 0.2) is 57.4 Å². The molecule has 0 saturated carbocycles. The van der Waals surface area contributed by atoms with Crippen molar-refractivity contribution in [1.82, 2.24) is 0 Å². The average Bonchev–Trinajstić information content (AvgIpc) is 2.85. The van der Waals surface area contributed by atoms with E-state index in [0.29, 0.717) is 17.7 Å². The van der Waals surface area contributed by atoms with Crippen molar-refractivity contribution in [2.45, 2.75) is 6.54 Å². The van der Waals surface area contributed by atoms with Crippen LogP contribution in [0.1, 0.15) is 16.1 Å². The number of rotatable bonds is 4. The first-order valence-electron chi connectivity index (χ1n) is 6.39. The third-order valence-electron chi connectivity index (χ3n) is 3.22. The number of nitrogens with one attached hydrogen (secondary N) is 1. The second-order valence-corrected chi connectivity index (χ2v) is 5.40. The molecule has 21 heavy (non-hydrogen) atoms. The molecule has 106 valence electrons. The second-order valence-electron chi connectivity index (χ2n) is 4.54. The van der Waals surface area contributed by atoms with Gasteiger partial charge in [0.1, 0.15) is 5.58 Å². The van der Waals surface area contributed by atoms with Crippen molar-refractivity contribution in [3.63, 3.8) is 0 Å². The minimum atomic E-state index is -1.06. The van der Waals surface area contributed by atoms with Gasteiger partial charge in [-0.1, -0.05) is 30.3 Å². The molecule has 0 spiro atoms. The number of aromatic carboxylic acids is 1. The Morgan fingerprint density at radius 3 is 2.62 bits per heavy atom. The Balaban J connectivity index is 1.98. The van der Waals surface area contributed by atoms with Gasteiger partial charge in [0, 0.05) is 27.7 Å². The van der Waals surface area contributed by atoms with E-state index in [0.717, 1.165) is 15.5 Å². The molecular formula is C16H12BrNO3. The lowest BCUT2D eigenvalue weighted by Gasteiger charge is -2.08. The van der Waals surface area contributed by atoms with Gasteiger partial charge in [0.05, 0.1) is 0 Å². The van der Waals surface area contributed by atoms with Crippen LogP contribution in [0.4, 0.5) is 5.69 Å². The number of hydrogen-bond donors (Lipinski definition) is 2. The van der Waals surface area contributed by atoms with Gasteiger partial charge >= 0.3 is 5.97 Å². The molecule has 0 unspecified atom stereocenters. The minimum absolute atomic E-state index is 0.0178. The molecule has 0 fully saturated rings. The molecule has 1 aromatic heterocycles. The van der Waals surface area contributed by atoms with E-state index in [2.05, 4.69) is 21.2 Å². The van der Waals surface area contributed by atoms with Gasteiger partial charge in [-0.25, -0.2) is 4.79 Å². The smallest absolute Gasteiger partial charge is 0.372 e. The van der Waals surface area contributed by atoms with E-state index in [4.69, 9.17) is 4.42 Å². The number of carbonyl (C=O) groups is 1. The SMILES string of the molecule is O=C(O)c1oc2ccccc2c1CNc1ccccc1Br. The fourth-order valence-corrected chi connectivity index (χ4v) is 2.66. The fraction of sp³-hybridized carbons (Fsp3) is 0.0625. The first-order valence-corrected chi connectivity index (χ1v) is 7.18. The number of benzene rings is 2. The molecule has 0 aliphatic rings. The summed E-state index contributed by atoms with van der Waals surface area (Å²) in [6, 6.07) is 15.0. The first kappa shape index (κ1) is 13.7. The Morgan fingerprint density at radius 1 is 1.14 bits per heavy atom. The van der Waals surface area contributed by atoms with Crippen LogP contribution < -0.4 is 5.32 Å². The summed E-state index contributed by atoms with van der Waals surface area (Å²) in [5.74, 6) is -1.08. The quantitative estimate of drug-likeness (QED) is 0.730. The number of carboxylic acid groups (broad SMARTS) is 1. The van der Waals surface area contributed by atoms with Crippen LogP contribution in [-0.4, -0.2) is 11.1 Å². The molecular weight excluding hydrogens is 334 g/mol. The van der Waals surface area contributed by atoms with Gasteiger partial charge in [0.25, 0.3) is 0 Å². The molecule has 2 N–H and O–H groups in total. The largest absolute Gasteiger partial charge is 0.475 e. The molecule has 0 aliphatic carbocycles. The van der Waals surface area contributed by atoms with Crippen LogP contribution >= 0.6 is 15.9 Å². The molecule has 3 aromatic rings. The summed E-state index contributed by atoms with van der Waals surface area (Å²) in [6.07, 6.45) is 0. The third-order valence-corrected chi connectivity index (χ3v) is 3.91. The molecule has 3 rings (SSSR count). The van der Waals surface area contributed by atoms with E-state index in [-0.39, 0.29) is 5.76 Å². The van der Waals surface area contributed by atoms with Gasteiger partial charge in [-0.15, -0.1) is 0 Å². The lowest BCUT2D eigenvalue weighted by atomic mass is 10.1. The highest BCUT2D eigenvalue weighted by Gasteiger charge is 2.19. The molecule has 0 bridgehead atoms. The third kappa shape index (κ3) is 2.64. The number of halogens is 1. The summed E-state index contributed by atoms with van der Waals surface area (Å²) in [4.78, 5) is 11.3. The van der Waals surface area contributed by atoms with E-state index in [1.807, 2.05) is 42.5 Å². The lowest BCUT2D eigenvalue weighted by Crippen LogP contribution is -2.05. The number of fused-ring (bicyclic) bond motifs is 1. The molecule has 0 saturated heterocycles. The summed E-state index contributed by atoms with van der Waals surface area (Å²) in [5.41, 5.74) is 2.13. The molecule has 5 heteroatoms. The van der Waals surface area contributed by atoms with Crippen molar-refractivity contribution in [3.05, 3.63) is 64.3 Å². The van der Waals surface area contributed by atoms with Gasteiger partial charge in [0.15, 0.2) is 0 Å². The number of anilines is 1. The number of carboxylic acids is 1. The molecule has 4 nitrogen and oxygen atoms in total. The van der Waals surface area contributed by atoms with Gasteiger partial charge in [-0.2, -0.15) is 0 Å². The zero-order valence-corrected chi connectivity index (χ0v) is 12.6. The first-order chi connectivity index (χ1) is 10.2. The maximum Gasteiger partial charge on any atom is 0.372 e. The summed E-state index contributed by atoms with van der Waals surface area (Å²) in [7, 11) is 0. The Hall–Kier alpha value is -2.27. The maximum absolute atomic E-state index is 11.3. The van der Waals surface area contributed by atoms with Crippen LogP contribution in [-0.2, 0) is 6.54 Å². The van der Waals surface area contributed by atoms with Crippen molar-refractivity contribution in [2.75, 3.05) is 5.32 Å². The predicted octanol–water partition coefficient (Wildman–Crippen LogP) is 4.51. The summed E-state index contributed by atoms with van der Waals surface area (Å²) < 4.78 is 6.35. The summed E-state index contributed by atoms with van der Waals surface area (Å²) >= 11 is 3.46. The van der Waals surface area contributed by atoms with Gasteiger partial charge in [-0.05, 0) is 34.1 Å². The molecule has 0 radical (unpaired) electrons. The van der Waals surface area contributed by atoms with E-state index in [1.54, 1.807) is 6.07 Å². The molecule has 0 amide bonds.